The van der Waals surface area contributed by atoms with Gasteiger partial charge >= 0.3 is 0 Å². The van der Waals surface area contributed by atoms with Gasteiger partial charge < -0.3 is 11.1 Å². The van der Waals surface area contributed by atoms with Crippen LogP contribution >= 0.6 is 0 Å². The predicted molar refractivity (Wildman–Crippen MR) is 70.6 cm³/mol. The summed E-state index contributed by atoms with van der Waals surface area (Å²) in [6, 6.07) is 5.18. The number of aryl methyl sites for hydroxylation is 2. The lowest BCUT2D eigenvalue weighted by atomic mass is 10.1. The number of anilines is 1. The normalized spacial score (nSPS) is 11.6. The average Bonchev–Trinajstić information content (AvgIpc) is 2.31. The van der Waals surface area contributed by atoms with Gasteiger partial charge in [-0.1, -0.05) is 13.0 Å². The Hall–Kier alpha value is -1.79. The van der Waals surface area contributed by atoms with Gasteiger partial charge in [0.05, 0.1) is 6.04 Å². The second-order valence-corrected chi connectivity index (χ2v) is 4.00. The fraction of sp³-hybridized carbons (Fsp3) is 0.357. The molecule has 0 fully saturated rings. The Labute approximate surface area is 102 Å². The molecule has 3 N–H and O–H groups in total. The summed E-state index contributed by atoms with van der Waals surface area (Å²) < 4.78 is 0. The van der Waals surface area contributed by atoms with Crippen LogP contribution < -0.4 is 11.1 Å². The van der Waals surface area contributed by atoms with Crippen LogP contribution in [-0.2, 0) is 11.2 Å². The lowest BCUT2D eigenvalue weighted by Gasteiger charge is -2.11. The monoisotopic (exact) mass is 230 g/mol. The highest BCUT2D eigenvalue weighted by atomic mass is 16.2. The van der Waals surface area contributed by atoms with Crippen LogP contribution in [0.15, 0.2) is 18.2 Å². The number of amides is 1. The number of nitrogens with one attached hydrogen (secondary N) is 1. The number of carbonyl (C=O) groups is 1. The van der Waals surface area contributed by atoms with Crippen molar-refractivity contribution in [3.8, 4) is 12.3 Å². The van der Waals surface area contributed by atoms with E-state index < -0.39 is 6.04 Å². The fourth-order valence-corrected chi connectivity index (χ4v) is 1.58. The standard InChI is InChI=1S/C14H18N2O/c1-4-6-13(15)14(17)16-12-8-7-10(3)11(5-2)9-12/h1,7-9,13H,5-6,15H2,2-3H3,(H,16,17). The molecule has 1 aromatic rings. The van der Waals surface area contributed by atoms with E-state index in [4.69, 9.17) is 12.2 Å². The quantitative estimate of drug-likeness (QED) is 0.775. The second-order valence-electron chi connectivity index (χ2n) is 4.00. The van der Waals surface area contributed by atoms with E-state index in [0.717, 1.165) is 12.1 Å². The van der Waals surface area contributed by atoms with Gasteiger partial charge in [0.25, 0.3) is 0 Å². The van der Waals surface area contributed by atoms with E-state index in [1.165, 1.54) is 11.1 Å². The van der Waals surface area contributed by atoms with Crippen molar-refractivity contribution in [3.05, 3.63) is 29.3 Å². The Morgan fingerprint density at radius 1 is 1.59 bits per heavy atom. The maximum Gasteiger partial charge on any atom is 0.242 e. The fourth-order valence-electron chi connectivity index (χ4n) is 1.58. The minimum atomic E-state index is -0.647. The van der Waals surface area contributed by atoms with Crippen molar-refractivity contribution in [3.63, 3.8) is 0 Å². The third-order valence-corrected chi connectivity index (χ3v) is 2.67. The zero-order valence-electron chi connectivity index (χ0n) is 10.3. The molecule has 1 unspecified atom stereocenters. The van der Waals surface area contributed by atoms with E-state index >= 15 is 0 Å². The minimum Gasteiger partial charge on any atom is -0.325 e. The molecule has 0 aliphatic carbocycles. The number of nitrogens with two attached hydrogens (primary N) is 1. The van der Waals surface area contributed by atoms with Gasteiger partial charge in [-0.15, -0.1) is 12.3 Å². The molecule has 0 bridgehead atoms. The van der Waals surface area contributed by atoms with Crippen LogP contribution in [0.1, 0.15) is 24.5 Å². The first-order chi connectivity index (χ1) is 8.08. The summed E-state index contributed by atoms with van der Waals surface area (Å²) in [6.07, 6.45) is 6.30. The highest BCUT2D eigenvalue weighted by molar-refractivity contribution is 5.94. The summed E-state index contributed by atoms with van der Waals surface area (Å²) in [5.41, 5.74) is 8.83. The van der Waals surface area contributed by atoms with Crippen molar-refractivity contribution in [2.45, 2.75) is 32.7 Å². The van der Waals surface area contributed by atoms with Crippen LogP contribution in [0.3, 0.4) is 0 Å². The number of terminal acetylenes is 1. The van der Waals surface area contributed by atoms with E-state index in [-0.39, 0.29) is 12.3 Å². The molecule has 1 aromatic carbocycles. The van der Waals surface area contributed by atoms with E-state index in [9.17, 15) is 4.79 Å². The highest BCUT2D eigenvalue weighted by Crippen LogP contribution is 2.16. The van der Waals surface area contributed by atoms with Crippen molar-refractivity contribution < 1.29 is 4.79 Å². The van der Waals surface area contributed by atoms with Gasteiger partial charge in [-0.3, -0.25) is 4.79 Å². The molecule has 1 amide bonds. The first-order valence-electron chi connectivity index (χ1n) is 5.68. The van der Waals surface area contributed by atoms with Crippen LogP contribution in [0, 0.1) is 19.3 Å². The third-order valence-electron chi connectivity index (χ3n) is 2.67. The minimum absolute atomic E-state index is 0.242. The summed E-state index contributed by atoms with van der Waals surface area (Å²) in [6.45, 7) is 4.13. The van der Waals surface area contributed by atoms with Crippen LogP contribution in [0.4, 0.5) is 5.69 Å². The molecule has 0 aliphatic rings. The molecule has 3 heteroatoms. The lowest BCUT2D eigenvalue weighted by Crippen LogP contribution is -2.35. The van der Waals surface area contributed by atoms with Gasteiger partial charge in [-0.2, -0.15) is 0 Å². The summed E-state index contributed by atoms with van der Waals surface area (Å²) in [5, 5.41) is 2.77. The van der Waals surface area contributed by atoms with Crippen molar-refractivity contribution in [1.29, 1.82) is 0 Å². The van der Waals surface area contributed by atoms with Gasteiger partial charge in [-0.05, 0) is 36.6 Å². The van der Waals surface area contributed by atoms with Crippen molar-refractivity contribution in [2.75, 3.05) is 5.32 Å². The Morgan fingerprint density at radius 2 is 2.29 bits per heavy atom. The molecular weight excluding hydrogens is 212 g/mol. The molecule has 0 saturated carbocycles. The third kappa shape index (κ3) is 3.61. The van der Waals surface area contributed by atoms with Crippen molar-refractivity contribution >= 4 is 11.6 Å². The van der Waals surface area contributed by atoms with Crippen LogP contribution in [0.5, 0.6) is 0 Å². The molecule has 17 heavy (non-hydrogen) atoms. The molecule has 0 aromatic heterocycles. The zero-order valence-corrected chi connectivity index (χ0v) is 10.3. The van der Waals surface area contributed by atoms with E-state index in [1.54, 1.807) is 0 Å². The zero-order chi connectivity index (χ0) is 12.8. The van der Waals surface area contributed by atoms with Crippen LogP contribution in [0.2, 0.25) is 0 Å². The first-order valence-corrected chi connectivity index (χ1v) is 5.68. The van der Waals surface area contributed by atoms with Crippen LogP contribution in [-0.4, -0.2) is 11.9 Å². The molecule has 3 nitrogen and oxygen atoms in total. The highest BCUT2D eigenvalue weighted by Gasteiger charge is 2.12. The van der Waals surface area contributed by atoms with Crippen LogP contribution in [0.25, 0.3) is 0 Å². The van der Waals surface area contributed by atoms with E-state index in [2.05, 4.69) is 25.1 Å². The number of hydrogen-bond acceptors (Lipinski definition) is 2. The van der Waals surface area contributed by atoms with E-state index in [1.807, 2.05) is 18.2 Å². The maximum atomic E-state index is 11.7. The Kier molecular flexibility index (Phi) is 4.74. The summed E-state index contributed by atoms with van der Waals surface area (Å²) in [5.74, 6) is 2.14. The summed E-state index contributed by atoms with van der Waals surface area (Å²) >= 11 is 0. The van der Waals surface area contributed by atoms with E-state index in [0.29, 0.717) is 0 Å². The molecule has 0 saturated heterocycles. The summed E-state index contributed by atoms with van der Waals surface area (Å²) in [7, 11) is 0. The maximum absolute atomic E-state index is 11.7. The van der Waals surface area contributed by atoms with Gasteiger partial charge in [0.15, 0.2) is 0 Å². The van der Waals surface area contributed by atoms with Gasteiger partial charge in [-0.25, -0.2) is 0 Å². The molecule has 1 rings (SSSR count). The van der Waals surface area contributed by atoms with Gasteiger partial charge in [0.2, 0.25) is 5.91 Å². The van der Waals surface area contributed by atoms with Crippen molar-refractivity contribution in [2.24, 2.45) is 5.73 Å². The smallest absolute Gasteiger partial charge is 0.242 e. The number of benzene rings is 1. The molecule has 0 aliphatic heterocycles. The molecule has 0 spiro atoms. The molecule has 0 heterocycles. The molecule has 0 radical (unpaired) electrons. The Morgan fingerprint density at radius 3 is 2.88 bits per heavy atom. The molecule has 1 atom stereocenters. The largest absolute Gasteiger partial charge is 0.325 e. The van der Waals surface area contributed by atoms with Gasteiger partial charge in [0, 0.05) is 12.1 Å². The lowest BCUT2D eigenvalue weighted by molar-refractivity contribution is -0.117. The molecule has 90 valence electrons. The topological polar surface area (TPSA) is 55.1 Å². The second kappa shape index (κ2) is 6.07. The summed E-state index contributed by atoms with van der Waals surface area (Å²) in [4.78, 5) is 11.7. The predicted octanol–water partition coefficient (Wildman–Crippen LogP) is 1.85. The average molecular weight is 230 g/mol. The van der Waals surface area contributed by atoms with Crippen molar-refractivity contribution in [1.82, 2.24) is 0 Å². The van der Waals surface area contributed by atoms with Gasteiger partial charge in [0.1, 0.15) is 0 Å². The Bertz CT molecular complexity index is 446. The first kappa shape index (κ1) is 13.3. The number of carbonyl (C=O) groups excluding carboxylic acids is 1. The SMILES string of the molecule is C#CCC(N)C(=O)Nc1ccc(C)c(CC)c1. The molecular formula is C14H18N2O. The Balaban J connectivity index is 2.76. The number of hydrogen-bond donors (Lipinski definition) is 2. The number of rotatable bonds is 4.